The zero-order valence-electron chi connectivity index (χ0n) is 8.56. The SMILES string of the molecule is O=C1NC(=S)OC1=Cc1ccc2c(c1)OCO2. The fourth-order valence-electron chi connectivity index (χ4n) is 1.58. The van der Waals surface area contributed by atoms with Crippen LogP contribution >= 0.6 is 12.2 Å². The van der Waals surface area contributed by atoms with Crippen LogP contribution in [0.1, 0.15) is 5.56 Å². The summed E-state index contributed by atoms with van der Waals surface area (Å²) in [6.45, 7) is 0.219. The van der Waals surface area contributed by atoms with E-state index in [0.717, 1.165) is 5.56 Å². The molecule has 1 amide bonds. The van der Waals surface area contributed by atoms with Crippen molar-refractivity contribution in [1.29, 1.82) is 0 Å². The lowest BCUT2D eigenvalue weighted by atomic mass is 10.2. The van der Waals surface area contributed by atoms with Gasteiger partial charge < -0.3 is 14.2 Å². The number of amides is 1. The average Bonchev–Trinajstić information content (AvgIpc) is 2.85. The number of fused-ring (bicyclic) bond motifs is 1. The standard InChI is InChI=1S/C11H7NO4S/c13-10-9(16-11(17)12-10)4-6-1-2-7-8(3-6)15-5-14-7/h1-4H,5H2,(H,12,13,17). The second-order valence-electron chi connectivity index (χ2n) is 3.46. The van der Waals surface area contributed by atoms with E-state index in [0.29, 0.717) is 11.5 Å². The Morgan fingerprint density at radius 2 is 2.12 bits per heavy atom. The van der Waals surface area contributed by atoms with Gasteiger partial charge in [0.2, 0.25) is 6.79 Å². The van der Waals surface area contributed by atoms with Crippen molar-refractivity contribution in [2.75, 3.05) is 6.79 Å². The number of carbonyl (C=O) groups is 1. The van der Waals surface area contributed by atoms with E-state index in [9.17, 15) is 4.79 Å². The van der Waals surface area contributed by atoms with Crippen LogP contribution in [0.4, 0.5) is 0 Å². The number of carbonyl (C=O) groups excluding carboxylic acids is 1. The van der Waals surface area contributed by atoms with Gasteiger partial charge >= 0.3 is 0 Å². The zero-order chi connectivity index (χ0) is 11.8. The molecule has 0 unspecified atom stereocenters. The molecule has 1 N–H and O–H groups in total. The molecule has 0 bridgehead atoms. The van der Waals surface area contributed by atoms with E-state index >= 15 is 0 Å². The lowest BCUT2D eigenvalue weighted by molar-refractivity contribution is -0.116. The molecule has 2 aliphatic rings. The maximum Gasteiger partial charge on any atom is 0.294 e. The van der Waals surface area contributed by atoms with E-state index in [4.69, 9.17) is 26.4 Å². The molecule has 0 atom stereocenters. The molecule has 1 aromatic carbocycles. The van der Waals surface area contributed by atoms with Gasteiger partial charge in [-0.1, -0.05) is 6.07 Å². The largest absolute Gasteiger partial charge is 0.454 e. The summed E-state index contributed by atoms with van der Waals surface area (Å²) in [6.07, 6.45) is 1.59. The van der Waals surface area contributed by atoms with Crippen molar-refractivity contribution in [3.05, 3.63) is 29.5 Å². The summed E-state index contributed by atoms with van der Waals surface area (Å²) in [4.78, 5) is 11.4. The minimum atomic E-state index is -0.340. The predicted molar refractivity (Wildman–Crippen MR) is 62.4 cm³/mol. The number of hydrogen-bond acceptors (Lipinski definition) is 5. The minimum absolute atomic E-state index is 0.0713. The number of nitrogens with one attached hydrogen (secondary N) is 1. The molecule has 0 saturated carbocycles. The highest BCUT2D eigenvalue weighted by Gasteiger charge is 2.23. The second-order valence-corrected chi connectivity index (χ2v) is 3.84. The molecule has 2 heterocycles. The second kappa shape index (κ2) is 3.74. The lowest BCUT2D eigenvalue weighted by Gasteiger charge is -1.98. The molecule has 86 valence electrons. The Morgan fingerprint density at radius 3 is 2.88 bits per heavy atom. The molecule has 6 heteroatoms. The van der Waals surface area contributed by atoms with Gasteiger partial charge in [-0.05, 0) is 36.0 Å². The molecule has 2 aliphatic heterocycles. The predicted octanol–water partition coefficient (Wildman–Crippen LogP) is 1.19. The molecule has 1 saturated heterocycles. The fourth-order valence-corrected chi connectivity index (χ4v) is 1.76. The van der Waals surface area contributed by atoms with Crippen molar-refractivity contribution in [3.63, 3.8) is 0 Å². The molecule has 17 heavy (non-hydrogen) atoms. The van der Waals surface area contributed by atoms with Crippen LogP contribution in [0.3, 0.4) is 0 Å². The van der Waals surface area contributed by atoms with Gasteiger partial charge in [-0.25, -0.2) is 0 Å². The van der Waals surface area contributed by atoms with E-state index in [2.05, 4.69) is 5.32 Å². The fraction of sp³-hybridized carbons (Fsp3) is 0.0909. The van der Waals surface area contributed by atoms with E-state index < -0.39 is 0 Å². The molecule has 3 rings (SSSR count). The van der Waals surface area contributed by atoms with Crippen LogP contribution in [-0.4, -0.2) is 17.9 Å². The van der Waals surface area contributed by atoms with Gasteiger partial charge in [0.1, 0.15) is 0 Å². The monoisotopic (exact) mass is 249 g/mol. The van der Waals surface area contributed by atoms with Crippen molar-refractivity contribution in [1.82, 2.24) is 5.32 Å². The zero-order valence-corrected chi connectivity index (χ0v) is 9.37. The molecule has 0 radical (unpaired) electrons. The third-order valence-electron chi connectivity index (χ3n) is 2.34. The van der Waals surface area contributed by atoms with Crippen LogP contribution in [0, 0.1) is 0 Å². The number of ether oxygens (including phenoxy) is 3. The van der Waals surface area contributed by atoms with Crippen molar-refractivity contribution < 1.29 is 19.0 Å². The normalized spacial score (nSPS) is 19.4. The van der Waals surface area contributed by atoms with Crippen molar-refractivity contribution in [2.24, 2.45) is 0 Å². The summed E-state index contributed by atoms with van der Waals surface area (Å²) in [7, 11) is 0. The van der Waals surface area contributed by atoms with Crippen LogP contribution in [0.15, 0.2) is 24.0 Å². The summed E-state index contributed by atoms with van der Waals surface area (Å²) < 4.78 is 15.5. The van der Waals surface area contributed by atoms with E-state index in [1.807, 2.05) is 0 Å². The third-order valence-corrected chi connectivity index (χ3v) is 2.52. The first-order valence-corrected chi connectivity index (χ1v) is 5.28. The van der Waals surface area contributed by atoms with Gasteiger partial charge in [0, 0.05) is 0 Å². The number of hydrogen-bond donors (Lipinski definition) is 1. The highest BCUT2D eigenvalue weighted by molar-refractivity contribution is 7.80. The Bertz CT molecular complexity index is 552. The topological polar surface area (TPSA) is 56.8 Å². The Kier molecular flexibility index (Phi) is 2.22. The quantitative estimate of drug-likeness (QED) is 0.598. The van der Waals surface area contributed by atoms with Crippen LogP contribution < -0.4 is 14.8 Å². The van der Waals surface area contributed by atoms with Gasteiger partial charge in [0.25, 0.3) is 11.1 Å². The molecule has 0 aliphatic carbocycles. The number of thiocarbonyl (C=S) groups is 1. The molecule has 0 aromatic heterocycles. The summed E-state index contributed by atoms with van der Waals surface area (Å²) in [5.41, 5.74) is 0.782. The van der Waals surface area contributed by atoms with E-state index in [-0.39, 0.29) is 23.6 Å². The molecule has 0 spiro atoms. The Balaban J connectivity index is 1.93. The Morgan fingerprint density at radius 1 is 1.29 bits per heavy atom. The maximum atomic E-state index is 11.4. The number of benzene rings is 1. The van der Waals surface area contributed by atoms with Crippen LogP contribution in [0.2, 0.25) is 0 Å². The van der Waals surface area contributed by atoms with E-state index in [1.165, 1.54) is 0 Å². The summed E-state index contributed by atoms with van der Waals surface area (Å²) >= 11 is 4.73. The van der Waals surface area contributed by atoms with Gasteiger partial charge in [-0.15, -0.1) is 0 Å². The van der Waals surface area contributed by atoms with Crippen LogP contribution in [0.5, 0.6) is 11.5 Å². The first-order valence-electron chi connectivity index (χ1n) is 4.87. The molecule has 1 aromatic rings. The Hall–Kier alpha value is -2.08. The molecular formula is C11H7NO4S. The molecule has 1 fully saturated rings. The summed E-state index contributed by atoms with van der Waals surface area (Å²) in [5.74, 6) is 1.18. The summed E-state index contributed by atoms with van der Waals surface area (Å²) in [6, 6.07) is 5.35. The van der Waals surface area contributed by atoms with Crippen LogP contribution in [0.25, 0.3) is 6.08 Å². The van der Waals surface area contributed by atoms with Crippen molar-refractivity contribution in [3.8, 4) is 11.5 Å². The first kappa shape index (κ1) is 10.1. The van der Waals surface area contributed by atoms with Crippen LogP contribution in [-0.2, 0) is 9.53 Å². The smallest absolute Gasteiger partial charge is 0.294 e. The highest BCUT2D eigenvalue weighted by Crippen LogP contribution is 2.33. The molecular weight excluding hydrogens is 242 g/mol. The summed E-state index contributed by atoms with van der Waals surface area (Å²) in [5, 5.41) is 2.46. The average molecular weight is 249 g/mol. The first-order chi connectivity index (χ1) is 8.22. The highest BCUT2D eigenvalue weighted by atomic mass is 32.1. The van der Waals surface area contributed by atoms with E-state index in [1.54, 1.807) is 24.3 Å². The van der Waals surface area contributed by atoms with Crippen molar-refractivity contribution in [2.45, 2.75) is 0 Å². The van der Waals surface area contributed by atoms with Gasteiger partial charge in [-0.2, -0.15) is 0 Å². The molecule has 5 nitrogen and oxygen atoms in total. The van der Waals surface area contributed by atoms with Crippen molar-refractivity contribution >= 4 is 29.4 Å². The Labute approximate surface area is 102 Å². The van der Waals surface area contributed by atoms with Gasteiger partial charge in [0.05, 0.1) is 0 Å². The lowest BCUT2D eigenvalue weighted by Crippen LogP contribution is -2.18. The van der Waals surface area contributed by atoms with Gasteiger partial charge in [0.15, 0.2) is 17.3 Å². The van der Waals surface area contributed by atoms with Gasteiger partial charge in [-0.3, -0.25) is 10.1 Å². The minimum Gasteiger partial charge on any atom is -0.454 e. The third kappa shape index (κ3) is 1.83. The number of rotatable bonds is 1. The maximum absolute atomic E-state index is 11.4.